The lowest BCUT2D eigenvalue weighted by atomic mass is 9.95. The highest BCUT2D eigenvalue weighted by Gasteiger charge is 2.36. The first-order chi connectivity index (χ1) is 12.4. The SMILES string of the molecule is O=C(Cc1cc(F)cc(F)c1)N1CC(CO)C(CN2CCC(O)CC2)C1. The quantitative estimate of drug-likeness (QED) is 0.815. The molecule has 26 heavy (non-hydrogen) atoms. The van der Waals surface area contributed by atoms with Crippen LogP contribution < -0.4 is 0 Å². The zero-order chi connectivity index (χ0) is 18.7. The van der Waals surface area contributed by atoms with E-state index in [2.05, 4.69) is 4.90 Å². The molecule has 1 amide bonds. The van der Waals surface area contributed by atoms with Crippen LogP contribution in [0.2, 0.25) is 0 Å². The van der Waals surface area contributed by atoms with Crippen LogP contribution in [0.1, 0.15) is 18.4 Å². The highest BCUT2D eigenvalue weighted by Crippen LogP contribution is 2.26. The maximum Gasteiger partial charge on any atom is 0.227 e. The molecule has 0 aromatic heterocycles. The van der Waals surface area contributed by atoms with E-state index in [0.29, 0.717) is 18.7 Å². The summed E-state index contributed by atoms with van der Waals surface area (Å²) >= 11 is 0. The van der Waals surface area contributed by atoms with Crippen LogP contribution in [0.4, 0.5) is 8.78 Å². The summed E-state index contributed by atoms with van der Waals surface area (Å²) in [6, 6.07) is 3.14. The van der Waals surface area contributed by atoms with Crippen molar-refractivity contribution in [2.24, 2.45) is 11.8 Å². The summed E-state index contributed by atoms with van der Waals surface area (Å²) in [7, 11) is 0. The fourth-order valence-electron chi connectivity index (χ4n) is 3.99. The van der Waals surface area contributed by atoms with Gasteiger partial charge in [0.25, 0.3) is 0 Å². The third-order valence-corrected chi connectivity index (χ3v) is 5.49. The number of nitrogens with zero attached hydrogens (tertiary/aromatic N) is 2. The van der Waals surface area contributed by atoms with E-state index in [-0.39, 0.29) is 36.9 Å². The van der Waals surface area contributed by atoms with Crippen LogP contribution in [-0.4, -0.2) is 71.4 Å². The molecule has 5 nitrogen and oxygen atoms in total. The average Bonchev–Trinajstić information content (AvgIpc) is 2.99. The molecule has 2 aliphatic heterocycles. The molecule has 2 fully saturated rings. The predicted molar refractivity (Wildman–Crippen MR) is 92.4 cm³/mol. The summed E-state index contributed by atoms with van der Waals surface area (Å²) in [5, 5.41) is 19.3. The van der Waals surface area contributed by atoms with Gasteiger partial charge in [-0.15, -0.1) is 0 Å². The summed E-state index contributed by atoms with van der Waals surface area (Å²) in [5.41, 5.74) is 0.321. The topological polar surface area (TPSA) is 64.0 Å². The van der Waals surface area contributed by atoms with Gasteiger partial charge in [-0.2, -0.15) is 0 Å². The van der Waals surface area contributed by atoms with Gasteiger partial charge < -0.3 is 20.0 Å². The number of hydrogen-bond acceptors (Lipinski definition) is 4. The molecule has 0 spiro atoms. The number of piperidine rings is 1. The van der Waals surface area contributed by atoms with Crippen LogP contribution in [0.25, 0.3) is 0 Å². The number of halogens is 2. The number of carbonyl (C=O) groups excluding carboxylic acids is 1. The van der Waals surface area contributed by atoms with Crippen molar-refractivity contribution < 1.29 is 23.8 Å². The lowest BCUT2D eigenvalue weighted by Gasteiger charge is -2.32. The number of aliphatic hydroxyl groups excluding tert-OH is 2. The summed E-state index contributed by atoms with van der Waals surface area (Å²) in [6.07, 6.45) is 1.23. The van der Waals surface area contributed by atoms with Crippen LogP contribution in [0.5, 0.6) is 0 Å². The van der Waals surface area contributed by atoms with Gasteiger partial charge in [-0.25, -0.2) is 8.78 Å². The molecule has 2 atom stereocenters. The van der Waals surface area contributed by atoms with Gasteiger partial charge in [0.05, 0.1) is 12.5 Å². The van der Waals surface area contributed by atoms with Crippen molar-refractivity contribution in [3.63, 3.8) is 0 Å². The molecular formula is C19H26F2N2O3. The van der Waals surface area contributed by atoms with E-state index < -0.39 is 11.6 Å². The Morgan fingerprint density at radius 2 is 1.69 bits per heavy atom. The number of rotatable bonds is 5. The number of aliphatic hydroxyl groups is 2. The molecule has 2 aliphatic rings. The van der Waals surface area contributed by atoms with Crippen LogP contribution in [0.3, 0.4) is 0 Å². The van der Waals surface area contributed by atoms with Gasteiger partial charge in [0, 0.05) is 51.3 Å². The minimum atomic E-state index is -0.687. The van der Waals surface area contributed by atoms with Crippen molar-refractivity contribution in [3.05, 3.63) is 35.4 Å². The monoisotopic (exact) mass is 368 g/mol. The van der Waals surface area contributed by atoms with Gasteiger partial charge in [-0.3, -0.25) is 4.79 Å². The molecule has 2 N–H and O–H groups in total. The van der Waals surface area contributed by atoms with Gasteiger partial charge in [-0.1, -0.05) is 0 Å². The molecule has 2 heterocycles. The van der Waals surface area contributed by atoms with Gasteiger partial charge >= 0.3 is 0 Å². The number of hydrogen-bond donors (Lipinski definition) is 2. The minimum Gasteiger partial charge on any atom is -0.396 e. The van der Waals surface area contributed by atoms with Crippen LogP contribution >= 0.6 is 0 Å². The highest BCUT2D eigenvalue weighted by molar-refractivity contribution is 5.79. The lowest BCUT2D eigenvalue weighted by molar-refractivity contribution is -0.129. The van der Waals surface area contributed by atoms with Gasteiger partial charge in [0.15, 0.2) is 0 Å². The Kier molecular flexibility index (Phi) is 6.21. The molecule has 1 aromatic rings. The molecule has 2 unspecified atom stereocenters. The second-order valence-corrected chi connectivity index (χ2v) is 7.49. The van der Waals surface area contributed by atoms with E-state index in [1.165, 1.54) is 12.1 Å². The Labute approximate surface area is 152 Å². The Bertz CT molecular complexity index is 615. The standard InChI is InChI=1S/C19H26F2N2O3/c20-16-5-13(6-17(21)8-16)7-19(26)23-10-14(15(11-23)12-24)9-22-3-1-18(25)2-4-22/h5-6,8,14-15,18,24-25H,1-4,7,9-12H2. The zero-order valence-electron chi connectivity index (χ0n) is 14.8. The summed E-state index contributed by atoms with van der Waals surface area (Å²) in [5.74, 6) is -1.37. The van der Waals surface area contributed by atoms with Crippen molar-refractivity contribution in [1.29, 1.82) is 0 Å². The third kappa shape index (κ3) is 4.78. The molecule has 1 aromatic carbocycles. The number of benzene rings is 1. The molecular weight excluding hydrogens is 342 g/mol. The third-order valence-electron chi connectivity index (χ3n) is 5.49. The predicted octanol–water partition coefficient (Wildman–Crippen LogP) is 1.03. The normalized spacial score (nSPS) is 25.0. The smallest absolute Gasteiger partial charge is 0.227 e. The highest BCUT2D eigenvalue weighted by atomic mass is 19.1. The number of carbonyl (C=O) groups is 1. The van der Waals surface area contributed by atoms with E-state index in [1.807, 2.05) is 0 Å². The lowest BCUT2D eigenvalue weighted by Crippen LogP contribution is -2.40. The molecule has 0 aliphatic carbocycles. The largest absolute Gasteiger partial charge is 0.396 e. The van der Waals surface area contributed by atoms with E-state index >= 15 is 0 Å². The average molecular weight is 368 g/mol. The van der Waals surface area contributed by atoms with Crippen LogP contribution in [-0.2, 0) is 11.2 Å². The fraction of sp³-hybridized carbons (Fsp3) is 0.632. The first-order valence-corrected chi connectivity index (χ1v) is 9.18. The summed E-state index contributed by atoms with van der Waals surface area (Å²) in [6.45, 7) is 3.46. The van der Waals surface area contributed by atoms with Crippen LogP contribution in [0, 0.1) is 23.5 Å². The fourth-order valence-corrected chi connectivity index (χ4v) is 3.99. The number of amides is 1. The van der Waals surface area contributed by atoms with E-state index in [0.717, 1.165) is 38.5 Å². The van der Waals surface area contributed by atoms with Crippen molar-refractivity contribution in [3.8, 4) is 0 Å². The summed E-state index contributed by atoms with van der Waals surface area (Å²) < 4.78 is 26.6. The Balaban J connectivity index is 1.58. The Hall–Kier alpha value is -1.57. The van der Waals surface area contributed by atoms with E-state index in [9.17, 15) is 23.8 Å². The second-order valence-electron chi connectivity index (χ2n) is 7.49. The van der Waals surface area contributed by atoms with Crippen LogP contribution in [0.15, 0.2) is 18.2 Å². The molecule has 0 bridgehead atoms. The first-order valence-electron chi connectivity index (χ1n) is 9.18. The molecule has 144 valence electrons. The Morgan fingerprint density at radius 1 is 1.08 bits per heavy atom. The molecule has 0 saturated carbocycles. The van der Waals surface area contributed by atoms with Gasteiger partial charge in [0.2, 0.25) is 5.91 Å². The molecule has 2 saturated heterocycles. The van der Waals surface area contributed by atoms with Crippen molar-refractivity contribution in [2.45, 2.75) is 25.4 Å². The maximum absolute atomic E-state index is 13.3. The van der Waals surface area contributed by atoms with Crippen molar-refractivity contribution in [1.82, 2.24) is 9.80 Å². The summed E-state index contributed by atoms with van der Waals surface area (Å²) in [4.78, 5) is 16.5. The number of likely N-dealkylation sites (tertiary alicyclic amines) is 2. The molecule has 3 rings (SSSR count). The van der Waals surface area contributed by atoms with E-state index in [4.69, 9.17) is 0 Å². The van der Waals surface area contributed by atoms with Crippen molar-refractivity contribution >= 4 is 5.91 Å². The zero-order valence-corrected chi connectivity index (χ0v) is 14.8. The second kappa shape index (κ2) is 8.41. The molecule has 7 heteroatoms. The van der Waals surface area contributed by atoms with Gasteiger partial charge in [0.1, 0.15) is 11.6 Å². The minimum absolute atomic E-state index is 0.00930. The van der Waals surface area contributed by atoms with Crippen molar-refractivity contribution in [2.75, 3.05) is 39.3 Å². The van der Waals surface area contributed by atoms with E-state index in [1.54, 1.807) is 4.90 Å². The Morgan fingerprint density at radius 3 is 2.31 bits per heavy atom. The van der Waals surface area contributed by atoms with Gasteiger partial charge in [-0.05, 0) is 36.5 Å². The first kappa shape index (κ1) is 19.2. The molecule has 0 radical (unpaired) electrons. The maximum atomic E-state index is 13.3.